The Morgan fingerprint density at radius 3 is 2.77 bits per heavy atom. The van der Waals surface area contributed by atoms with Gasteiger partial charge in [-0.3, -0.25) is 4.79 Å². The number of nitrogens with zero attached hydrogens (tertiary/aromatic N) is 4. The van der Waals surface area contributed by atoms with Crippen LogP contribution >= 0.6 is 11.6 Å². The van der Waals surface area contributed by atoms with Gasteiger partial charge in [0.05, 0.1) is 18.9 Å². The average molecular weight is 373 g/mol. The summed E-state index contributed by atoms with van der Waals surface area (Å²) >= 11 is 6.07. The molecule has 3 aromatic rings. The van der Waals surface area contributed by atoms with Gasteiger partial charge in [0.1, 0.15) is 5.75 Å². The number of benzene rings is 1. The summed E-state index contributed by atoms with van der Waals surface area (Å²) in [6.45, 7) is 4.46. The highest BCUT2D eigenvalue weighted by atomic mass is 35.5. The van der Waals surface area contributed by atoms with Gasteiger partial charge in [0.2, 0.25) is 0 Å². The van der Waals surface area contributed by atoms with E-state index < -0.39 is 0 Å². The van der Waals surface area contributed by atoms with E-state index in [0.29, 0.717) is 22.9 Å². The van der Waals surface area contributed by atoms with Gasteiger partial charge in [-0.05, 0) is 38.1 Å². The van der Waals surface area contributed by atoms with Crippen molar-refractivity contribution in [3.05, 3.63) is 52.8 Å². The number of hydrogen-bond donors (Lipinski definition) is 0. The third kappa shape index (κ3) is 3.51. The lowest BCUT2D eigenvalue weighted by molar-refractivity contribution is 0.0784. The van der Waals surface area contributed by atoms with Crippen LogP contribution in [0, 0.1) is 0 Å². The molecule has 0 saturated heterocycles. The molecular formula is C19H21ClN4O2. The zero-order valence-electron chi connectivity index (χ0n) is 15.2. The monoisotopic (exact) mass is 372 g/mol. The second-order valence-electron chi connectivity index (χ2n) is 6.44. The van der Waals surface area contributed by atoms with Gasteiger partial charge in [-0.1, -0.05) is 11.6 Å². The Bertz CT molecular complexity index is 952. The van der Waals surface area contributed by atoms with E-state index in [-0.39, 0.29) is 11.9 Å². The van der Waals surface area contributed by atoms with E-state index in [2.05, 4.69) is 10.1 Å². The number of rotatable bonds is 5. The van der Waals surface area contributed by atoms with E-state index >= 15 is 0 Å². The topological polar surface area (TPSA) is 60.2 Å². The molecule has 0 aliphatic heterocycles. The van der Waals surface area contributed by atoms with Crippen LogP contribution in [0.5, 0.6) is 5.75 Å². The molecule has 0 bridgehead atoms. The third-order valence-corrected chi connectivity index (χ3v) is 4.40. The molecule has 3 rings (SSSR count). The van der Waals surface area contributed by atoms with E-state index in [1.165, 1.54) is 0 Å². The minimum absolute atomic E-state index is 0.126. The Hall–Kier alpha value is -2.60. The molecule has 0 spiro atoms. The van der Waals surface area contributed by atoms with Crippen molar-refractivity contribution in [2.24, 2.45) is 0 Å². The number of carbonyl (C=O) groups is 1. The fourth-order valence-corrected chi connectivity index (χ4v) is 3.05. The predicted molar refractivity (Wildman–Crippen MR) is 102 cm³/mol. The minimum Gasteiger partial charge on any atom is -0.496 e. The maximum absolute atomic E-state index is 12.8. The van der Waals surface area contributed by atoms with Crippen LogP contribution in [0.25, 0.3) is 11.0 Å². The molecule has 1 aromatic carbocycles. The molecule has 0 atom stereocenters. The summed E-state index contributed by atoms with van der Waals surface area (Å²) in [5, 5.41) is 5.79. The smallest absolute Gasteiger partial charge is 0.255 e. The van der Waals surface area contributed by atoms with Crippen LogP contribution in [0.15, 0.2) is 36.7 Å². The Balaban J connectivity index is 1.85. The minimum atomic E-state index is -0.126. The van der Waals surface area contributed by atoms with E-state index in [0.717, 1.165) is 16.6 Å². The molecule has 2 aromatic heterocycles. The first-order chi connectivity index (χ1) is 12.4. The summed E-state index contributed by atoms with van der Waals surface area (Å²) in [5.41, 5.74) is 2.14. The van der Waals surface area contributed by atoms with Gasteiger partial charge >= 0.3 is 0 Å². The van der Waals surface area contributed by atoms with Crippen LogP contribution < -0.4 is 4.74 Å². The van der Waals surface area contributed by atoms with Crippen molar-refractivity contribution in [2.75, 3.05) is 14.2 Å². The molecule has 26 heavy (non-hydrogen) atoms. The van der Waals surface area contributed by atoms with Crippen LogP contribution in [-0.2, 0) is 6.54 Å². The molecule has 0 N–H and O–H groups in total. The van der Waals surface area contributed by atoms with Crippen molar-refractivity contribution in [2.45, 2.75) is 26.4 Å². The lowest BCUT2D eigenvalue weighted by Gasteiger charge is -2.19. The van der Waals surface area contributed by atoms with Crippen molar-refractivity contribution < 1.29 is 9.53 Å². The van der Waals surface area contributed by atoms with Crippen LogP contribution in [0.3, 0.4) is 0 Å². The number of amides is 1. The van der Waals surface area contributed by atoms with Gasteiger partial charge in [0, 0.05) is 41.8 Å². The Morgan fingerprint density at radius 1 is 1.31 bits per heavy atom. The van der Waals surface area contributed by atoms with Gasteiger partial charge < -0.3 is 9.64 Å². The Morgan fingerprint density at radius 2 is 2.08 bits per heavy atom. The van der Waals surface area contributed by atoms with Crippen molar-refractivity contribution in [3.8, 4) is 5.75 Å². The fourth-order valence-electron chi connectivity index (χ4n) is 2.85. The molecule has 7 heteroatoms. The number of halogens is 1. The van der Waals surface area contributed by atoms with Crippen LogP contribution in [-0.4, -0.2) is 39.7 Å². The molecule has 0 aliphatic rings. The lowest BCUT2D eigenvalue weighted by Crippen LogP contribution is -2.26. The molecule has 0 saturated carbocycles. The summed E-state index contributed by atoms with van der Waals surface area (Å²) in [6, 6.07) is 7.39. The number of carbonyl (C=O) groups excluding carboxylic acids is 1. The fraction of sp³-hybridized carbons (Fsp3) is 0.316. The van der Waals surface area contributed by atoms with Gasteiger partial charge in [0.15, 0.2) is 5.65 Å². The van der Waals surface area contributed by atoms with E-state index in [1.807, 2.05) is 24.6 Å². The normalized spacial score (nSPS) is 11.2. The maximum atomic E-state index is 12.8. The van der Waals surface area contributed by atoms with E-state index in [4.69, 9.17) is 16.3 Å². The number of ether oxygens (including phenoxy) is 1. The summed E-state index contributed by atoms with van der Waals surface area (Å²) < 4.78 is 7.19. The zero-order valence-corrected chi connectivity index (χ0v) is 16.0. The number of methoxy groups -OCH3 is 1. The van der Waals surface area contributed by atoms with Gasteiger partial charge in [-0.2, -0.15) is 5.10 Å². The first kappa shape index (κ1) is 18.2. The van der Waals surface area contributed by atoms with Crippen LogP contribution in [0.4, 0.5) is 0 Å². The quantitative estimate of drug-likeness (QED) is 0.680. The molecule has 136 valence electrons. The Labute approximate surface area is 157 Å². The van der Waals surface area contributed by atoms with Gasteiger partial charge in [0.25, 0.3) is 5.91 Å². The molecule has 1 amide bonds. The van der Waals surface area contributed by atoms with Crippen molar-refractivity contribution in [1.29, 1.82) is 0 Å². The average Bonchev–Trinajstić information content (AvgIpc) is 3.04. The summed E-state index contributed by atoms with van der Waals surface area (Å²) in [5.74, 6) is 0.569. The lowest BCUT2D eigenvalue weighted by atomic mass is 10.1. The molecule has 2 heterocycles. The first-order valence-electron chi connectivity index (χ1n) is 8.32. The van der Waals surface area contributed by atoms with Gasteiger partial charge in [-0.25, -0.2) is 9.67 Å². The van der Waals surface area contributed by atoms with E-state index in [1.54, 1.807) is 49.7 Å². The number of fused-ring (bicyclic) bond motifs is 1. The SMILES string of the molecule is COc1ccc(Cl)cc1CN(C)C(=O)c1cnc2c(cnn2C(C)C)c1. The van der Waals surface area contributed by atoms with Crippen molar-refractivity contribution in [3.63, 3.8) is 0 Å². The van der Waals surface area contributed by atoms with Crippen molar-refractivity contribution in [1.82, 2.24) is 19.7 Å². The van der Waals surface area contributed by atoms with Crippen LogP contribution in [0.2, 0.25) is 5.02 Å². The number of hydrogen-bond acceptors (Lipinski definition) is 4. The second-order valence-corrected chi connectivity index (χ2v) is 6.87. The molecule has 0 radical (unpaired) electrons. The third-order valence-electron chi connectivity index (χ3n) is 4.17. The van der Waals surface area contributed by atoms with Crippen molar-refractivity contribution >= 4 is 28.5 Å². The molecule has 0 unspecified atom stereocenters. The maximum Gasteiger partial charge on any atom is 0.255 e. The molecular weight excluding hydrogens is 352 g/mol. The molecule has 6 nitrogen and oxygen atoms in total. The number of pyridine rings is 1. The summed E-state index contributed by atoms with van der Waals surface area (Å²) in [4.78, 5) is 18.8. The molecule has 0 aliphatic carbocycles. The Kier molecular flexibility index (Phi) is 5.13. The first-order valence-corrected chi connectivity index (χ1v) is 8.69. The summed E-state index contributed by atoms with van der Waals surface area (Å²) in [6.07, 6.45) is 3.33. The molecule has 0 fully saturated rings. The summed E-state index contributed by atoms with van der Waals surface area (Å²) in [7, 11) is 3.34. The van der Waals surface area contributed by atoms with Gasteiger partial charge in [-0.15, -0.1) is 0 Å². The largest absolute Gasteiger partial charge is 0.496 e. The predicted octanol–water partition coefficient (Wildman–Crippen LogP) is 3.95. The highest BCUT2D eigenvalue weighted by Crippen LogP contribution is 2.24. The highest BCUT2D eigenvalue weighted by molar-refractivity contribution is 6.30. The second kappa shape index (κ2) is 7.33. The zero-order chi connectivity index (χ0) is 18.8. The highest BCUT2D eigenvalue weighted by Gasteiger charge is 2.17. The van der Waals surface area contributed by atoms with Crippen LogP contribution in [0.1, 0.15) is 35.8 Å². The standard InChI is InChI=1S/C19H21ClN4O2/c1-12(2)24-18-13(10-22-24)7-14(9-21-18)19(25)23(3)11-15-8-16(20)5-6-17(15)26-4/h5-10,12H,11H2,1-4H3. The van der Waals surface area contributed by atoms with E-state index in [9.17, 15) is 4.79 Å². The number of aromatic nitrogens is 3.